The van der Waals surface area contributed by atoms with Crippen LogP contribution in [-0.4, -0.2) is 74.7 Å². The lowest BCUT2D eigenvalue weighted by molar-refractivity contribution is 0.0730. The van der Waals surface area contributed by atoms with Crippen LogP contribution in [0.5, 0.6) is 17.2 Å². The van der Waals surface area contributed by atoms with Crippen molar-refractivity contribution in [1.82, 2.24) is 4.31 Å². The van der Waals surface area contributed by atoms with E-state index in [9.17, 15) is 21.6 Å². The van der Waals surface area contributed by atoms with Gasteiger partial charge in [0.2, 0.25) is 10.0 Å². The molecule has 12 nitrogen and oxygen atoms in total. The molecule has 1 amide bonds. The van der Waals surface area contributed by atoms with E-state index in [1.807, 2.05) is 0 Å². The monoisotopic (exact) mass is 591 g/mol. The summed E-state index contributed by atoms with van der Waals surface area (Å²) in [5, 5.41) is 2.65. The first kappa shape index (κ1) is 29.1. The van der Waals surface area contributed by atoms with Crippen molar-refractivity contribution >= 4 is 37.3 Å². The number of carbonyl (C=O) groups is 1. The Morgan fingerprint density at radius 3 is 2.05 bits per heavy atom. The van der Waals surface area contributed by atoms with Crippen LogP contribution in [0, 0.1) is 0 Å². The van der Waals surface area contributed by atoms with Crippen molar-refractivity contribution in [3.63, 3.8) is 0 Å². The Labute approximate surface area is 232 Å². The largest absolute Gasteiger partial charge is 0.497 e. The third-order valence-corrected chi connectivity index (χ3v) is 9.37. The zero-order valence-electron chi connectivity index (χ0n) is 22.0. The Morgan fingerprint density at radius 2 is 1.43 bits per heavy atom. The molecule has 214 valence electrons. The van der Waals surface area contributed by atoms with Gasteiger partial charge in [0, 0.05) is 24.8 Å². The van der Waals surface area contributed by atoms with Crippen LogP contribution in [0.4, 0.5) is 11.4 Å². The van der Waals surface area contributed by atoms with Gasteiger partial charge >= 0.3 is 0 Å². The van der Waals surface area contributed by atoms with Crippen LogP contribution < -0.4 is 24.2 Å². The number of ether oxygens (including phenoxy) is 4. The van der Waals surface area contributed by atoms with Crippen molar-refractivity contribution in [2.45, 2.75) is 9.79 Å². The van der Waals surface area contributed by atoms with E-state index in [0.29, 0.717) is 11.5 Å². The summed E-state index contributed by atoms with van der Waals surface area (Å²) in [6.07, 6.45) is 0. The molecule has 0 saturated carbocycles. The highest BCUT2D eigenvalue weighted by Crippen LogP contribution is 2.31. The molecule has 3 aromatic rings. The highest BCUT2D eigenvalue weighted by molar-refractivity contribution is 7.92. The third kappa shape index (κ3) is 6.31. The lowest BCUT2D eigenvalue weighted by Gasteiger charge is -2.26. The maximum Gasteiger partial charge on any atom is 0.262 e. The second-order valence-electron chi connectivity index (χ2n) is 8.53. The Hall–Kier alpha value is -3.85. The number of anilines is 2. The topological polar surface area (TPSA) is 150 Å². The molecule has 0 aromatic heterocycles. The maximum absolute atomic E-state index is 13.1. The van der Waals surface area contributed by atoms with Crippen molar-refractivity contribution in [3.05, 3.63) is 66.2 Å². The summed E-state index contributed by atoms with van der Waals surface area (Å²) < 4.78 is 76.8. The number of morpholine rings is 1. The highest BCUT2D eigenvalue weighted by atomic mass is 32.2. The molecule has 0 unspecified atom stereocenters. The minimum Gasteiger partial charge on any atom is -0.497 e. The van der Waals surface area contributed by atoms with E-state index >= 15 is 0 Å². The van der Waals surface area contributed by atoms with E-state index in [-0.39, 0.29) is 58.8 Å². The minimum atomic E-state index is -4.01. The molecule has 3 aromatic carbocycles. The molecule has 0 atom stereocenters. The van der Waals surface area contributed by atoms with Gasteiger partial charge in [0.25, 0.3) is 15.9 Å². The number of carbonyl (C=O) groups excluding carboxylic acids is 1. The molecule has 0 aliphatic carbocycles. The van der Waals surface area contributed by atoms with E-state index in [1.165, 1.54) is 74.2 Å². The van der Waals surface area contributed by atoms with Gasteiger partial charge in [-0.05, 0) is 54.6 Å². The quantitative estimate of drug-likeness (QED) is 0.363. The van der Waals surface area contributed by atoms with Gasteiger partial charge in [-0.25, -0.2) is 16.8 Å². The zero-order valence-corrected chi connectivity index (χ0v) is 23.7. The van der Waals surface area contributed by atoms with E-state index in [1.54, 1.807) is 12.1 Å². The van der Waals surface area contributed by atoms with E-state index in [4.69, 9.17) is 18.9 Å². The van der Waals surface area contributed by atoms with Gasteiger partial charge < -0.3 is 24.3 Å². The fourth-order valence-corrected chi connectivity index (χ4v) is 6.47. The van der Waals surface area contributed by atoms with Crippen LogP contribution in [0.1, 0.15) is 10.4 Å². The van der Waals surface area contributed by atoms with Gasteiger partial charge in [-0.2, -0.15) is 4.31 Å². The average molecular weight is 592 g/mol. The predicted octanol–water partition coefficient (Wildman–Crippen LogP) is 2.79. The highest BCUT2D eigenvalue weighted by Gasteiger charge is 2.28. The smallest absolute Gasteiger partial charge is 0.262 e. The molecular weight excluding hydrogens is 562 g/mol. The summed E-state index contributed by atoms with van der Waals surface area (Å²) >= 11 is 0. The molecule has 40 heavy (non-hydrogen) atoms. The van der Waals surface area contributed by atoms with Crippen molar-refractivity contribution in [2.24, 2.45) is 0 Å². The molecular formula is C26H29N3O9S2. The summed E-state index contributed by atoms with van der Waals surface area (Å²) in [6.45, 7) is 1.00. The number of benzene rings is 3. The number of hydrogen-bond acceptors (Lipinski definition) is 9. The molecule has 1 heterocycles. The lowest BCUT2D eigenvalue weighted by atomic mass is 10.2. The Balaban J connectivity index is 1.53. The molecule has 0 spiro atoms. The maximum atomic E-state index is 13.1. The van der Waals surface area contributed by atoms with Gasteiger partial charge in [0.15, 0.2) is 0 Å². The Morgan fingerprint density at radius 1 is 0.800 bits per heavy atom. The second kappa shape index (κ2) is 12.1. The first-order chi connectivity index (χ1) is 19.1. The normalized spacial score (nSPS) is 14.3. The Bertz CT molecular complexity index is 1590. The number of methoxy groups -OCH3 is 3. The summed E-state index contributed by atoms with van der Waals surface area (Å²) in [7, 11) is -3.61. The number of nitrogens with one attached hydrogen (secondary N) is 2. The molecule has 1 aliphatic heterocycles. The lowest BCUT2D eigenvalue weighted by Crippen LogP contribution is -2.40. The summed E-state index contributed by atoms with van der Waals surface area (Å²) in [6, 6.07) is 14.2. The van der Waals surface area contributed by atoms with Crippen molar-refractivity contribution < 1.29 is 40.6 Å². The SMILES string of the molecule is COc1ccc(OC)c(NS(=O)(=O)c2ccc(NC(=O)c3cc(S(=O)(=O)N4CCOCC4)ccc3OC)cc2)c1. The van der Waals surface area contributed by atoms with Crippen LogP contribution in [-0.2, 0) is 24.8 Å². The fourth-order valence-electron chi connectivity index (χ4n) is 3.97. The number of nitrogens with zero attached hydrogens (tertiary/aromatic N) is 1. The van der Waals surface area contributed by atoms with E-state index < -0.39 is 26.0 Å². The second-order valence-corrected chi connectivity index (χ2v) is 12.1. The fraction of sp³-hybridized carbons (Fsp3) is 0.269. The van der Waals surface area contributed by atoms with Gasteiger partial charge in [-0.1, -0.05) is 0 Å². The third-order valence-electron chi connectivity index (χ3n) is 6.10. The number of hydrogen-bond donors (Lipinski definition) is 2. The van der Waals surface area contributed by atoms with E-state index in [0.717, 1.165) is 0 Å². The van der Waals surface area contributed by atoms with Crippen LogP contribution >= 0.6 is 0 Å². The van der Waals surface area contributed by atoms with Crippen LogP contribution in [0.2, 0.25) is 0 Å². The first-order valence-electron chi connectivity index (χ1n) is 12.0. The molecule has 2 N–H and O–H groups in total. The summed E-state index contributed by atoms with van der Waals surface area (Å²) in [4.78, 5) is 13.0. The van der Waals surface area contributed by atoms with Crippen LogP contribution in [0.3, 0.4) is 0 Å². The molecule has 14 heteroatoms. The molecule has 0 bridgehead atoms. The standard InChI is InChI=1S/C26H29N3O9S2/c1-35-19-6-10-25(37-3)23(16-19)28-39(31,32)20-7-4-18(5-8-20)27-26(30)22-17-21(9-11-24(22)36-2)40(33,34)29-12-14-38-15-13-29/h4-11,16-17,28H,12-15H2,1-3H3,(H,27,30). The van der Waals surface area contributed by atoms with Crippen molar-refractivity contribution in [1.29, 1.82) is 0 Å². The summed E-state index contributed by atoms with van der Waals surface area (Å²) in [5.41, 5.74) is 0.477. The molecule has 0 radical (unpaired) electrons. The Kier molecular flexibility index (Phi) is 8.83. The van der Waals surface area contributed by atoms with Gasteiger partial charge in [-0.3, -0.25) is 9.52 Å². The number of rotatable bonds is 10. The number of amides is 1. The minimum absolute atomic E-state index is 0.000295. The van der Waals surface area contributed by atoms with Crippen molar-refractivity contribution in [2.75, 3.05) is 57.7 Å². The summed E-state index contributed by atoms with van der Waals surface area (Å²) in [5.74, 6) is 0.286. The number of sulfonamides is 2. The molecule has 1 fully saturated rings. The van der Waals surface area contributed by atoms with Crippen molar-refractivity contribution in [3.8, 4) is 17.2 Å². The predicted molar refractivity (Wildman–Crippen MR) is 147 cm³/mol. The van der Waals surface area contributed by atoms with Gasteiger partial charge in [0.1, 0.15) is 17.2 Å². The van der Waals surface area contributed by atoms with Gasteiger partial charge in [-0.15, -0.1) is 0 Å². The van der Waals surface area contributed by atoms with Gasteiger partial charge in [0.05, 0.1) is 55.6 Å². The first-order valence-corrected chi connectivity index (χ1v) is 14.9. The van der Waals surface area contributed by atoms with Crippen LogP contribution in [0.25, 0.3) is 0 Å². The molecule has 4 rings (SSSR count). The average Bonchev–Trinajstić information content (AvgIpc) is 2.97. The van der Waals surface area contributed by atoms with Crippen LogP contribution in [0.15, 0.2) is 70.5 Å². The molecule has 1 aliphatic rings. The zero-order chi connectivity index (χ0) is 28.9. The van der Waals surface area contributed by atoms with E-state index in [2.05, 4.69) is 10.0 Å². The molecule has 1 saturated heterocycles.